The first kappa shape index (κ1) is 14.8. The second kappa shape index (κ2) is 6.32. The molecule has 0 saturated carbocycles. The third kappa shape index (κ3) is 3.20. The molecule has 4 nitrogen and oxygen atoms in total. The third-order valence-electron chi connectivity index (χ3n) is 4.02. The molecule has 5 heteroatoms. The molecule has 1 heterocycles. The van der Waals surface area contributed by atoms with Crippen LogP contribution in [0.2, 0.25) is 0 Å². The number of carbonyl (C=O) groups is 2. The largest absolute Gasteiger partial charge is 0.477 e. The summed E-state index contributed by atoms with van der Waals surface area (Å²) < 4.78 is 0. The summed E-state index contributed by atoms with van der Waals surface area (Å²) in [5, 5.41) is 11.8. The van der Waals surface area contributed by atoms with Crippen molar-refractivity contribution in [1.82, 2.24) is 5.32 Å². The topological polar surface area (TPSA) is 66.4 Å². The third-order valence-corrected chi connectivity index (χ3v) is 5.09. The lowest BCUT2D eigenvalue weighted by Crippen LogP contribution is -2.23. The molecule has 0 saturated heterocycles. The number of benzene rings is 1. The van der Waals surface area contributed by atoms with Crippen molar-refractivity contribution >= 4 is 23.2 Å². The quantitative estimate of drug-likeness (QED) is 0.890. The highest BCUT2D eigenvalue weighted by molar-refractivity contribution is 7.13. The molecule has 0 fully saturated rings. The molecular formula is C17H17NO3S. The van der Waals surface area contributed by atoms with E-state index in [9.17, 15) is 9.59 Å². The first-order chi connectivity index (χ1) is 10.6. The fraction of sp³-hybridized carbons (Fsp3) is 0.294. The van der Waals surface area contributed by atoms with Crippen LogP contribution in [-0.4, -0.2) is 17.0 Å². The zero-order valence-electron chi connectivity index (χ0n) is 12.0. The van der Waals surface area contributed by atoms with Gasteiger partial charge in [0.1, 0.15) is 4.88 Å². The minimum absolute atomic E-state index is 0.0204. The van der Waals surface area contributed by atoms with Crippen LogP contribution in [0, 0.1) is 0 Å². The first-order valence-electron chi connectivity index (χ1n) is 7.30. The lowest BCUT2D eigenvalue weighted by Gasteiger charge is -2.11. The van der Waals surface area contributed by atoms with Crippen molar-refractivity contribution < 1.29 is 14.7 Å². The number of aryl methyl sites for hydroxylation is 1. The molecule has 1 aliphatic rings. The molecule has 0 spiro atoms. The summed E-state index contributed by atoms with van der Waals surface area (Å²) in [6.07, 6.45) is 2.56. The number of carboxylic acids is 1. The van der Waals surface area contributed by atoms with Crippen molar-refractivity contribution in [2.75, 3.05) is 0 Å². The Labute approximate surface area is 132 Å². The van der Waals surface area contributed by atoms with E-state index in [0.717, 1.165) is 17.7 Å². The minimum Gasteiger partial charge on any atom is -0.477 e. The number of carboxylic acid groups (broad SMARTS) is 1. The van der Waals surface area contributed by atoms with Crippen molar-refractivity contribution in [3.05, 3.63) is 57.3 Å². The maximum Gasteiger partial charge on any atom is 0.345 e. The van der Waals surface area contributed by atoms with Crippen molar-refractivity contribution in [3.8, 4) is 0 Å². The molecular weight excluding hydrogens is 298 g/mol. The Morgan fingerprint density at radius 2 is 2.05 bits per heavy atom. The first-order valence-corrected chi connectivity index (χ1v) is 8.11. The molecule has 114 valence electrons. The van der Waals surface area contributed by atoms with Gasteiger partial charge in [-0.15, -0.1) is 11.3 Å². The molecule has 2 aromatic rings. The second-order valence-corrected chi connectivity index (χ2v) is 6.65. The standard InChI is InChI=1S/C17H17NO3S/c19-16(18-10-13-7-8-15(22-13)17(20)21)9-12-6-5-11-3-1-2-4-14(11)12/h1-4,7-8,12H,5-6,9-10H2,(H,18,19)(H,20,21)/t12-/m1/s1. The second-order valence-electron chi connectivity index (χ2n) is 5.49. The van der Waals surface area contributed by atoms with Gasteiger partial charge in [0.25, 0.3) is 0 Å². The number of aromatic carboxylic acids is 1. The predicted octanol–water partition coefficient (Wildman–Crippen LogP) is 3.18. The van der Waals surface area contributed by atoms with Crippen LogP contribution in [0.15, 0.2) is 36.4 Å². The number of hydrogen-bond acceptors (Lipinski definition) is 3. The number of amides is 1. The van der Waals surface area contributed by atoms with Gasteiger partial charge in [0.2, 0.25) is 5.91 Å². The smallest absolute Gasteiger partial charge is 0.345 e. The Kier molecular flexibility index (Phi) is 4.24. The van der Waals surface area contributed by atoms with Gasteiger partial charge in [-0.3, -0.25) is 4.79 Å². The zero-order valence-corrected chi connectivity index (χ0v) is 12.9. The number of rotatable bonds is 5. The molecule has 1 aromatic heterocycles. The number of hydrogen-bond donors (Lipinski definition) is 2. The predicted molar refractivity (Wildman–Crippen MR) is 85.2 cm³/mol. The van der Waals surface area contributed by atoms with Gasteiger partial charge in [-0.25, -0.2) is 4.79 Å². The summed E-state index contributed by atoms with van der Waals surface area (Å²) in [4.78, 5) is 24.1. The van der Waals surface area contributed by atoms with Gasteiger partial charge < -0.3 is 10.4 Å². The maximum absolute atomic E-state index is 12.1. The van der Waals surface area contributed by atoms with E-state index in [1.165, 1.54) is 22.5 Å². The fourth-order valence-corrected chi connectivity index (χ4v) is 3.71. The molecule has 0 aliphatic heterocycles. The van der Waals surface area contributed by atoms with Gasteiger partial charge >= 0.3 is 5.97 Å². The van der Waals surface area contributed by atoms with E-state index < -0.39 is 5.97 Å². The summed E-state index contributed by atoms with van der Waals surface area (Å²) in [5.41, 5.74) is 2.64. The van der Waals surface area contributed by atoms with Crippen LogP contribution in [-0.2, 0) is 17.8 Å². The zero-order chi connectivity index (χ0) is 15.5. The summed E-state index contributed by atoms with van der Waals surface area (Å²) in [5.74, 6) is -0.605. The Hall–Kier alpha value is -2.14. The highest BCUT2D eigenvalue weighted by Crippen LogP contribution is 2.35. The highest BCUT2D eigenvalue weighted by Gasteiger charge is 2.24. The van der Waals surface area contributed by atoms with Gasteiger partial charge in [0, 0.05) is 11.3 Å². The van der Waals surface area contributed by atoms with Gasteiger partial charge in [-0.2, -0.15) is 0 Å². The Bertz CT molecular complexity index is 707. The number of thiophene rings is 1. The van der Waals surface area contributed by atoms with Crippen LogP contribution in [0.4, 0.5) is 0 Å². The van der Waals surface area contributed by atoms with Gasteiger partial charge in [0.05, 0.1) is 6.54 Å². The average molecular weight is 315 g/mol. The summed E-state index contributed by atoms with van der Waals surface area (Å²) in [7, 11) is 0. The normalized spacial score (nSPS) is 16.3. The number of fused-ring (bicyclic) bond motifs is 1. The van der Waals surface area contributed by atoms with Crippen molar-refractivity contribution in [1.29, 1.82) is 0 Å². The maximum atomic E-state index is 12.1. The molecule has 1 atom stereocenters. The lowest BCUT2D eigenvalue weighted by atomic mass is 9.97. The SMILES string of the molecule is O=C(C[C@H]1CCc2ccccc21)NCc1ccc(C(=O)O)s1. The molecule has 2 N–H and O–H groups in total. The Morgan fingerprint density at radius 3 is 2.82 bits per heavy atom. The van der Waals surface area contributed by atoms with Crippen LogP contribution in [0.25, 0.3) is 0 Å². The minimum atomic E-state index is -0.926. The van der Waals surface area contributed by atoms with Gasteiger partial charge in [0.15, 0.2) is 0 Å². The van der Waals surface area contributed by atoms with Crippen LogP contribution < -0.4 is 5.32 Å². The molecule has 22 heavy (non-hydrogen) atoms. The monoisotopic (exact) mass is 315 g/mol. The Morgan fingerprint density at radius 1 is 1.23 bits per heavy atom. The van der Waals surface area contributed by atoms with Crippen LogP contribution in [0.5, 0.6) is 0 Å². The molecule has 0 bridgehead atoms. The molecule has 1 amide bonds. The van der Waals surface area contributed by atoms with Crippen molar-refractivity contribution in [2.24, 2.45) is 0 Å². The molecule has 1 aliphatic carbocycles. The number of nitrogens with one attached hydrogen (secondary N) is 1. The number of carbonyl (C=O) groups excluding carboxylic acids is 1. The molecule has 1 aromatic carbocycles. The molecule has 0 unspecified atom stereocenters. The summed E-state index contributed by atoms with van der Waals surface area (Å²) in [6, 6.07) is 11.6. The lowest BCUT2D eigenvalue weighted by molar-refractivity contribution is -0.121. The molecule has 0 radical (unpaired) electrons. The molecule has 3 rings (SSSR count). The van der Waals surface area contributed by atoms with Gasteiger partial charge in [-0.1, -0.05) is 24.3 Å². The van der Waals surface area contributed by atoms with E-state index in [1.54, 1.807) is 12.1 Å². The summed E-state index contributed by atoms with van der Waals surface area (Å²) >= 11 is 1.20. The van der Waals surface area contributed by atoms with E-state index in [0.29, 0.717) is 23.8 Å². The van der Waals surface area contributed by atoms with E-state index in [2.05, 4.69) is 17.4 Å². The van der Waals surface area contributed by atoms with E-state index in [-0.39, 0.29) is 5.91 Å². The van der Waals surface area contributed by atoms with E-state index in [1.807, 2.05) is 12.1 Å². The van der Waals surface area contributed by atoms with Crippen LogP contribution >= 0.6 is 11.3 Å². The van der Waals surface area contributed by atoms with Crippen molar-refractivity contribution in [3.63, 3.8) is 0 Å². The average Bonchev–Trinajstić information content (AvgIpc) is 3.13. The van der Waals surface area contributed by atoms with Gasteiger partial charge in [-0.05, 0) is 42.0 Å². The van der Waals surface area contributed by atoms with E-state index in [4.69, 9.17) is 5.11 Å². The van der Waals surface area contributed by atoms with Crippen LogP contribution in [0.3, 0.4) is 0 Å². The van der Waals surface area contributed by atoms with E-state index >= 15 is 0 Å². The highest BCUT2D eigenvalue weighted by atomic mass is 32.1. The van der Waals surface area contributed by atoms with Crippen LogP contribution in [0.1, 0.15) is 44.4 Å². The van der Waals surface area contributed by atoms with Crippen molar-refractivity contribution in [2.45, 2.75) is 31.7 Å². The summed E-state index contributed by atoms with van der Waals surface area (Å²) in [6.45, 7) is 0.394. The Balaban J connectivity index is 1.54. The fourth-order valence-electron chi connectivity index (χ4n) is 2.93.